The summed E-state index contributed by atoms with van der Waals surface area (Å²) in [6, 6.07) is 44.1. The van der Waals surface area contributed by atoms with Crippen LogP contribution in [0.25, 0.3) is 0 Å². The Labute approximate surface area is 246 Å². The molecule has 0 aromatic heterocycles. The summed E-state index contributed by atoms with van der Waals surface area (Å²) in [7, 11) is -0.817. The molecule has 0 spiro atoms. The van der Waals surface area contributed by atoms with Crippen LogP contribution in [0.4, 0.5) is 0 Å². The molecule has 4 aromatic rings. The van der Waals surface area contributed by atoms with E-state index in [1.165, 1.54) is 56.7 Å². The number of rotatable bonds is 6. The monoisotopic (exact) mass is 621 g/mol. The molecule has 5 radical (unpaired) electrons. The Bertz CT molecular complexity index is 979. The van der Waals surface area contributed by atoms with Crippen LogP contribution in [0.2, 0.25) is 0 Å². The van der Waals surface area contributed by atoms with Crippen LogP contribution in [0.15, 0.2) is 121 Å². The van der Waals surface area contributed by atoms with Crippen molar-refractivity contribution < 1.29 is 19.5 Å². The number of hydrogen-bond donors (Lipinski definition) is 0. The normalized spacial score (nSPS) is 15.3. The maximum absolute atomic E-state index is 2.29. The van der Waals surface area contributed by atoms with Crippen LogP contribution in [0.1, 0.15) is 34.6 Å². The van der Waals surface area contributed by atoms with Gasteiger partial charge >= 0.3 is 0 Å². The summed E-state index contributed by atoms with van der Waals surface area (Å²) in [6.45, 7) is 11.0. The molecule has 0 N–H and O–H groups in total. The summed E-state index contributed by atoms with van der Waals surface area (Å²) in [5.74, 6) is 8.51. The van der Waals surface area contributed by atoms with Crippen LogP contribution in [-0.4, -0.2) is 5.90 Å². The third-order valence-corrected chi connectivity index (χ3v) is 13.3. The van der Waals surface area contributed by atoms with Crippen LogP contribution in [-0.2, 0) is 19.5 Å². The molecule has 1 fully saturated rings. The third-order valence-electron chi connectivity index (χ3n) is 7.37. The van der Waals surface area contributed by atoms with Gasteiger partial charge in [-0.1, -0.05) is 156 Å². The van der Waals surface area contributed by atoms with Crippen molar-refractivity contribution in [2.45, 2.75) is 34.6 Å². The molecular weight excluding hydrogens is 583 g/mol. The second kappa shape index (κ2) is 15.2. The molecule has 0 bridgehead atoms. The van der Waals surface area contributed by atoms with E-state index in [1.54, 1.807) is 0 Å². The second-order valence-electron chi connectivity index (χ2n) is 9.46. The van der Waals surface area contributed by atoms with Gasteiger partial charge in [-0.25, -0.2) is 0 Å². The van der Waals surface area contributed by atoms with Crippen molar-refractivity contribution in [3.05, 3.63) is 151 Å². The molecule has 0 aliphatic heterocycles. The summed E-state index contributed by atoms with van der Waals surface area (Å²) in [5.41, 5.74) is 0. The summed E-state index contributed by atoms with van der Waals surface area (Å²) >= 11 is 0. The molecule has 195 valence electrons. The molecule has 1 aliphatic carbocycles. The minimum absolute atomic E-state index is 0. The summed E-state index contributed by atoms with van der Waals surface area (Å²) < 4.78 is 0. The van der Waals surface area contributed by atoms with E-state index in [9.17, 15) is 0 Å². The van der Waals surface area contributed by atoms with Crippen LogP contribution in [0.5, 0.6) is 0 Å². The van der Waals surface area contributed by atoms with Gasteiger partial charge in [0.2, 0.25) is 0 Å². The molecule has 0 saturated heterocycles. The number of benzene rings is 4. The Morgan fingerprint density at radius 2 is 0.526 bits per heavy atom. The zero-order valence-corrected chi connectivity index (χ0v) is 26.5. The van der Waals surface area contributed by atoms with Crippen molar-refractivity contribution >= 4 is 37.1 Å². The first-order valence-corrected chi connectivity index (χ1v) is 16.0. The molecule has 5 rings (SSSR count). The van der Waals surface area contributed by atoms with Gasteiger partial charge in [-0.3, -0.25) is 0 Å². The topological polar surface area (TPSA) is 0 Å². The summed E-state index contributed by atoms with van der Waals surface area (Å²) in [5, 5.41) is 5.83. The molecule has 0 heterocycles. The average Bonchev–Trinajstić information content (AvgIpc) is 3.13. The second-order valence-corrected chi connectivity index (χ2v) is 14.4. The predicted molar refractivity (Wildman–Crippen MR) is 168 cm³/mol. The molecule has 1 aliphatic rings. The summed E-state index contributed by atoms with van der Waals surface area (Å²) in [4.78, 5) is 0. The summed E-state index contributed by atoms with van der Waals surface area (Å²) in [6.07, 6.45) is 0. The fourth-order valence-electron chi connectivity index (χ4n) is 4.60. The van der Waals surface area contributed by atoms with Gasteiger partial charge in [0.05, 0.1) is 0 Å². The van der Waals surface area contributed by atoms with Crippen molar-refractivity contribution in [1.82, 2.24) is 0 Å². The van der Waals surface area contributed by atoms with Crippen molar-refractivity contribution in [2.75, 3.05) is 5.90 Å². The van der Waals surface area contributed by atoms with E-state index in [0.717, 1.165) is 0 Å². The Morgan fingerprint density at radius 1 is 0.342 bits per heavy atom. The van der Waals surface area contributed by atoms with Gasteiger partial charge in [0.25, 0.3) is 0 Å². The predicted octanol–water partition coefficient (Wildman–Crippen LogP) is 8.18. The number of hydrogen-bond acceptors (Lipinski definition) is 0. The van der Waals surface area contributed by atoms with Crippen LogP contribution >= 0.6 is 15.8 Å². The van der Waals surface area contributed by atoms with Gasteiger partial charge < -0.3 is 0 Å². The fourth-order valence-corrected chi connectivity index (χ4v) is 11.1. The Kier molecular flexibility index (Phi) is 12.4. The van der Waals surface area contributed by atoms with E-state index in [2.05, 4.69) is 156 Å². The SMILES string of the molecule is C[C]1[C](C)[C](C)[C](C)[C]1C.[Ru].c1ccc(P(CP(c2ccccc2)c2ccccc2)c2ccccc2)cc1. The molecule has 0 nitrogen and oxygen atoms in total. The van der Waals surface area contributed by atoms with E-state index < -0.39 is 15.8 Å². The standard InChI is InChI=1S/C25H22P2.C10H15.Ru/c1-5-13-22(14-6-1)26(23-15-7-2-8-16-23)21-27(24-17-9-3-10-18-24)25-19-11-4-12-20-25;1-6-7(2)9(4)10(5)8(6)3;/h1-20H,21H2;1-5H3;. The molecule has 3 heteroatoms. The molecule has 38 heavy (non-hydrogen) atoms. The molecule has 0 unspecified atom stereocenters. The van der Waals surface area contributed by atoms with Gasteiger partial charge in [0.15, 0.2) is 0 Å². The van der Waals surface area contributed by atoms with Crippen molar-refractivity contribution in [2.24, 2.45) is 0 Å². The smallest absolute Gasteiger partial charge is 0.00405 e. The van der Waals surface area contributed by atoms with E-state index >= 15 is 0 Å². The molecular formula is C35H37P2Ru. The molecule has 4 aromatic carbocycles. The van der Waals surface area contributed by atoms with E-state index in [-0.39, 0.29) is 19.5 Å². The Balaban J connectivity index is 0.000000308. The van der Waals surface area contributed by atoms with E-state index in [4.69, 9.17) is 0 Å². The van der Waals surface area contributed by atoms with Crippen molar-refractivity contribution in [3.63, 3.8) is 0 Å². The largest absolute Gasteiger partial charge is 0.0622 e. The third kappa shape index (κ3) is 7.73. The molecule has 1 saturated carbocycles. The fraction of sp³-hybridized carbons (Fsp3) is 0.171. The first-order valence-electron chi connectivity index (χ1n) is 12.9. The zero-order chi connectivity index (χ0) is 26.2. The Morgan fingerprint density at radius 3 is 0.711 bits per heavy atom. The van der Waals surface area contributed by atoms with Gasteiger partial charge in [-0.15, -0.1) is 0 Å². The average molecular weight is 621 g/mol. The van der Waals surface area contributed by atoms with Gasteiger partial charge in [-0.2, -0.15) is 0 Å². The molecule has 0 amide bonds. The van der Waals surface area contributed by atoms with Gasteiger partial charge in [0.1, 0.15) is 0 Å². The maximum atomic E-state index is 2.29. The first kappa shape index (κ1) is 30.9. The van der Waals surface area contributed by atoms with Crippen LogP contribution in [0, 0.1) is 29.6 Å². The van der Waals surface area contributed by atoms with Crippen molar-refractivity contribution in [3.8, 4) is 0 Å². The van der Waals surface area contributed by atoms with Crippen LogP contribution in [0.3, 0.4) is 0 Å². The minimum atomic E-state index is -0.409. The van der Waals surface area contributed by atoms with Crippen LogP contribution < -0.4 is 21.2 Å². The van der Waals surface area contributed by atoms with Crippen molar-refractivity contribution in [1.29, 1.82) is 0 Å². The van der Waals surface area contributed by atoms with E-state index in [0.29, 0.717) is 0 Å². The quantitative estimate of drug-likeness (QED) is 0.151. The maximum Gasteiger partial charge on any atom is 0.00405 e. The van der Waals surface area contributed by atoms with E-state index in [1.807, 2.05) is 0 Å². The van der Waals surface area contributed by atoms with Gasteiger partial charge in [0, 0.05) is 25.4 Å². The first-order chi connectivity index (χ1) is 18.0. The molecule has 0 atom stereocenters. The van der Waals surface area contributed by atoms with Gasteiger partial charge in [-0.05, 0) is 66.7 Å². The minimum Gasteiger partial charge on any atom is -0.0622 e. The zero-order valence-electron chi connectivity index (χ0n) is 23.0. The Hall–Kier alpha value is -1.64.